The molecular formula is C9H21NO. The van der Waals surface area contributed by atoms with Gasteiger partial charge in [0, 0.05) is 12.8 Å². The maximum atomic E-state index is 2.38. The molecule has 0 atom stereocenters. The lowest BCUT2D eigenvalue weighted by Gasteiger charge is -2.40. The Labute approximate surface area is 70.1 Å². The minimum atomic E-state index is 0. The third-order valence-electron chi connectivity index (χ3n) is 2.79. The van der Waals surface area contributed by atoms with Crippen LogP contribution in [0, 0.1) is 5.41 Å². The van der Waals surface area contributed by atoms with Crippen LogP contribution in [0.5, 0.6) is 0 Å². The number of piperidine rings is 1. The molecule has 0 aromatic heterocycles. The van der Waals surface area contributed by atoms with Crippen LogP contribution >= 0.6 is 0 Å². The van der Waals surface area contributed by atoms with E-state index < -0.39 is 0 Å². The number of quaternary nitrogens is 1. The van der Waals surface area contributed by atoms with Gasteiger partial charge in [-0.25, -0.2) is 0 Å². The summed E-state index contributed by atoms with van der Waals surface area (Å²) in [6.07, 6.45) is 2.78. The van der Waals surface area contributed by atoms with Crippen LogP contribution < -0.4 is 0 Å². The lowest BCUT2D eigenvalue weighted by atomic mass is 9.82. The zero-order valence-corrected chi connectivity index (χ0v) is 8.22. The van der Waals surface area contributed by atoms with Crippen molar-refractivity contribution in [2.45, 2.75) is 26.7 Å². The van der Waals surface area contributed by atoms with E-state index in [1.807, 2.05) is 0 Å². The topological polar surface area (TPSA) is 30.0 Å². The summed E-state index contributed by atoms with van der Waals surface area (Å²) >= 11 is 0. The molecule has 1 saturated heterocycles. The highest BCUT2D eigenvalue weighted by Gasteiger charge is 2.30. The Bertz CT molecular complexity index is 102. The molecule has 2 heteroatoms. The maximum Gasteiger partial charge on any atom is 0.0787 e. The van der Waals surface area contributed by atoms with Gasteiger partial charge in [-0.2, -0.15) is 0 Å². The van der Waals surface area contributed by atoms with Crippen molar-refractivity contribution in [2.75, 3.05) is 27.2 Å². The SMILES string of the molecule is CC1(C)CC[N+](C)(C)CC1.[OH-]. The first-order valence-corrected chi connectivity index (χ1v) is 4.23. The van der Waals surface area contributed by atoms with Crippen molar-refractivity contribution in [3.63, 3.8) is 0 Å². The molecule has 1 N–H and O–H groups in total. The van der Waals surface area contributed by atoms with Crippen LogP contribution in [0.2, 0.25) is 0 Å². The van der Waals surface area contributed by atoms with Gasteiger partial charge in [-0.05, 0) is 5.41 Å². The Morgan fingerprint density at radius 3 is 1.64 bits per heavy atom. The third kappa shape index (κ3) is 3.21. The van der Waals surface area contributed by atoms with Crippen molar-refractivity contribution in [1.29, 1.82) is 0 Å². The van der Waals surface area contributed by atoms with Crippen LogP contribution in [0.3, 0.4) is 0 Å². The molecule has 1 aliphatic rings. The van der Waals surface area contributed by atoms with Crippen molar-refractivity contribution >= 4 is 0 Å². The average molecular weight is 159 g/mol. The Morgan fingerprint density at radius 2 is 1.36 bits per heavy atom. The second-order valence-corrected chi connectivity index (χ2v) is 5.05. The van der Waals surface area contributed by atoms with E-state index in [4.69, 9.17) is 0 Å². The maximum absolute atomic E-state index is 2.38. The van der Waals surface area contributed by atoms with Gasteiger partial charge in [0.15, 0.2) is 0 Å². The third-order valence-corrected chi connectivity index (χ3v) is 2.79. The Kier molecular flexibility index (Phi) is 3.09. The molecule has 0 unspecified atom stereocenters. The summed E-state index contributed by atoms with van der Waals surface area (Å²) in [7, 11) is 4.66. The fraction of sp³-hybridized carbons (Fsp3) is 1.00. The highest BCUT2D eigenvalue weighted by atomic mass is 16.0. The Hall–Kier alpha value is -0.0800. The fourth-order valence-electron chi connectivity index (χ4n) is 1.45. The summed E-state index contributed by atoms with van der Waals surface area (Å²) in [5.41, 5.74) is 0.619. The molecule has 1 heterocycles. The van der Waals surface area contributed by atoms with Gasteiger partial charge in [0.1, 0.15) is 0 Å². The zero-order valence-electron chi connectivity index (χ0n) is 8.22. The molecule has 2 nitrogen and oxygen atoms in total. The van der Waals surface area contributed by atoms with Gasteiger partial charge in [-0.15, -0.1) is 0 Å². The van der Waals surface area contributed by atoms with Crippen LogP contribution in [-0.2, 0) is 0 Å². The standard InChI is InChI=1S/C9H20N.H2O/c1-9(2)5-7-10(3,4)8-6-9;/h5-8H2,1-4H3;1H2/q+1;/p-1. The van der Waals surface area contributed by atoms with Gasteiger partial charge in [-0.1, -0.05) is 13.8 Å². The molecule has 0 bridgehead atoms. The normalized spacial score (nSPS) is 27.3. The molecule has 0 aliphatic carbocycles. The molecule has 1 aliphatic heterocycles. The fourth-order valence-corrected chi connectivity index (χ4v) is 1.45. The lowest BCUT2D eigenvalue weighted by Crippen LogP contribution is -2.48. The van der Waals surface area contributed by atoms with Crippen LogP contribution in [0.15, 0.2) is 0 Å². The van der Waals surface area contributed by atoms with E-state index >= 15 is 0 Å². The summed E-state index contributed by atoms with van der Waals surface area (Å²) in [6, 6.07) is 0. The van der Waals surface area contributed by atoms with Crippen molar-refractivity contribution < 1.29 is 9.96 Å². The van der Waals surface area contributed by atoms with Crippen molar-refractivity contribution in [3.8, 4) is 0 Å². The number of likely N-dealkylation sites (tertiary alicyclic amines) is 1. The highest BCUT2D eigenvalue weighted by molar-refractivity contribution is 4.71. The first kappa shape index (κ1) is 10.9. The van der Waals surface area contributed by atoms with Crippen LogP contribution in [0.4, 0.5) is 0 Å². The van der Waals surface area contributed by atoms with E-state index in [2.05, 4.69) is 27.9 Å². The van der Waals surface area contributed by atoms with E-state index in [1.54, 1.807) is 0 Å². The minimum absolute atomic E-state index is 0. The zero-order chi connectivity index (χ0) is 7.83. The summed E-state index contributed by atoms with van der Waals surface area (Å²) in [4.78, 5) is 0. The number of hydrogen-bond acceptors (Lipinski definition) is 1. The van der Waals surface area contributed by atoms with Gasteiger partial charge >= 0.3 is 0 Å². The second-order valence-electron chi connectivity index (χ2n) is 5.05. The summed E-state index contributed by atoms with van der Waals surface area (Å²) < 4.78 is 1.23. The van der Waals surface area contributed by atoms with Crippen LogP contribution in [-0.4, -0.2) is 37.1 Å². The molecule has 0 amide bonds. The van der Waals surface area contributed by atoms with E-state index in [0.29, 0.717) is 5.41 Å². The smallest absolute Gasteiger partial charge is 0.0787 e. The highest BCUT2D eigenvalue weighted by Crippen LogP contribution is 2.31. The molecule has 0 saturated carbocycles. The van der Waals surface area contributed by atoms with Crippen LogP contribution in [0.25, 0.3) is 0 Å². The van der Waals surface area contributed by atoms with E-state index in [0.717, 1.165) is 0 Å². The largest absolute Gasteiger partial charge is 0.870 e. The van der Waals surface area contributed by atoms with Gasteiger partial charge < -0.3 is 9.96 Å². The summed E-state index contributed by atoms with van der Waals surface area (Å²) in [5.74, 6) is 0. The Morgan fingerprint density at radius 1 is 1.00 bits per heavy atom. The average Bonchev–Trinajstić information content (AvgIpc) is 1.79. The van der Waals surface area contributed by atoms with E-state index in [1.165, 1.54) is 30.4 Å². The van der Waals surface area contributed by atoms with Gasteiger partial charge in [0.25, 0.3) is 0 Å². The van der Waals surface area contributed by atoms with Gasteiger partial charge in [0.2, 0.25) is 0 Å². The molecule has 11 heavy (non-hydrogen) atoms. The molecule has 68 valence electrons. The molecule has 0 spiro atoms. The molecule has 0 radical (unpaired) electrons. The molecule has 0 aromatic carbocycles. The van der Waals surface area contributed by atoms with Crippen molar-refractivity contribution in [2.24, 2.45) is 5.41 Å². The van der Waals surface area contributed by atoms with Gasteiger partial charge in [-0.3, -0.25) is 0 Å². The minimum Gasteiger partial charge on any atom is -0.870 e. The molecule has 1 fully saturated rings. The lowest BCUT2D eigenvalue weighted by molar-refractivity contribution is -0.897. The van der Waals surface area contributed by atoms with Crippen molar-refractivity contribution in [1.82, 2.24) is 0 Å². The number of rotatable bonds is 0. The first-order chi connectivity index (χ1) is 4.41. The number of nitrogens with zero attached hydrogens (tertiary/aromatic N) is 1. The van der Waals surface area contributed by atoms with Gasteiger partial charge in [0.05, 0.1) is 27.2 Å². The molecule has 1 rings (SSSR count). The van der Waals surface area contributed by atoms with E-state index in [-0.39, 0.29) is 5.48 Å². The Balaban J connectivity index is 0.000001000. The second kappa shape index (κ2) is 3.11. The quantitative estimate of drug-likeness (QED) is 0.495. The predicted octanol–water partition coefficient (Wildman–Crippen LogP) is 1.71. The first-order valence-electron chi connectivity index (χ1n) is 4.23. The predicted molar refractivity (Wildman–Crippen MR) is 46.8 cm³/mol. The molecular weight excluding hydrogens is 138 g/mol. The summed E-state index contributed by atoms with van der Waals surface area (Å²) in [6.45, 7) is 7.47. The van der Waals surface area contributed by atoms with Crippen LogP contribution in [0.1, 0.15) is 26.7 Å². The monoisotopic (exact) mass is 159 g/mol. The summed E-state index contributed by atoms with van der Waals surface area (Å²) in [5, 5.41) is 0. The number of hydrogen-bond donors (Lipinski definition) is 0. The van der Waals surface area contributed by atoms with E-state index in [9.17, 15) is 0 Å². The molecule has 0 aromatic rings. The van der Waals surface area contributed by atoms with Crippen molar-refractivity contribution in [3.05, 3.63) is 0 Å².